The van der Waals surface area contributed by atoms with E-state index in [4.69, 9.17) is 8.83 Å². The van der Waals surface area contributed by atoms with E-state index in [1.54, 1.807) is 48.5 Å². The summed E-state index contributed by atoms with van der Waals surface area (Å²) >= 11 is 0. The summed E-state index contributed by atoms with van der Waals surface area (Å²) in [6, 6.07) is 32.5. The van der Waals surface area contributed by atoms with Crippen LogP contribution in [-0.4, -0.2) is 46.2 Å². The first-order valence-corrected chi connectivity index (χ1v) is 16.7. The molecule has 0 aliphatic carbocycles. The molecule has 2 N–H and O–H groups in total. The standard InChI is InChI=1S/C42H38N2O6/c1-27(25-29-13-5-3-6-14-29)37(35-39(45)31-17-9-11-19-33(31)49-41(35)47)43-21-23-44(24-22-43)38(28(2)26-30-15-7-4-8-16-30)36-40(46)32-18-10-12-20-34(32)50-42(36)48/h3-20,25-26,37-38,45-46H,21-24H2,1-2H3/b27-25+,28-26+. The molecule has 2 atom stereocenters. The summed E-state index contributed by atoms with van der Waals surface area (Å²) in [5, 5.41) is 24.1. The van der Waals surface area contributed by atoms with Crippen LogP contribution in [0.3, 0.4) is 0 Å². The molecule has 0 bridgehead atoms. The van der Waals surface area contributed by atoms with E-state index in [-0.39, 0.29) is 22.6 Å². The Morgan fingerprint density at radius 3 is 1.28 bits per heavy atom. The van der Waals surface area contributed by atoms with Gasteiger partial charge in [-0.3, -0.25) is 9.80 Å². The smallest absolute Gasteiger partial charge is 0.345 e. The number of benzene rings is 4. The Hall–Kier alpha value is -5.70. The minimum absolute atomic E-state index is 0.0942. The fourth-order valence-electron chi connectivity index (χ4n) is 7.21. The molecule has 0 radical (unpaired) electrons. The van der Waals surface area contributed by atoms with Gasteiger partial charge in [-0.15, -0.1) is 0 Å². The van der Waals surface area contributed by atoms with Gasteiger partial charge in [0, 0.05) is 26.2 Å². The second kappa shape index (κ2) is 14.0. The third kappa shape index (κ3) is 6.39. The van der Waals surface area contributed by atoms with Gasteiger partial charge in [0.2, 0.25) is 0 Å². The first-order valence-electron chi connectivity index (χ1n) is 16.7. The summed E-state index contributed by atoms with van der Waals surface area (Å²) in [5.41, 5.74) is 3.52. The molecular formula is C42H38N2O6. The zero-order valence-corrected chi connectivity index (χ0v) is 28.0. The van der Waals surface area contributed by atoms with E-state index in [1.165, 1.54) is 0 Å². The monoisotopic (exact) mass is 666 g/mol. The molecule has 1 saturated heterocycles. The van der Waals surface area contributed by atoms with Gasteiger partial charge < -0.3 is 19.0 Å². The number of fused-ring (bicyclic) bond motifs is 2. The third-order valence-electron chi connectivity index (χ3n) is 9.52. The Labute approximate surface area is 289 Å². The minimum atomic E-state index is -0.590. The number of hydrogen-bond acceptors (Lipinski definition) is 8. The molecule has 1 aliphatic rings. The fraction of sp³-hybridized carbons (Fsp3) is 0.190. The normalized spacial score (nSPS) is 16.1. The molecule has 6 aromatic rings. The summed E-state index contributed by atoms with van der Waals surface area (Å²) in [6.45, 7) is 5.89. The molecule has 1 fully saturated rings. The maximum absolute atomic E-state index is 13.6. The van der Waals surface area contributed by atoms with Crippen LogP contribution in [0.2, 0.25) is 0 Å². The predicted octanol–water partition coefficient (Wildman–Crippen LogP) is 7.92. The molecule has 1 aliphatic heterocycles. The highest BCUT2D eigenvalue weighted by molar-refractivity contribution is 5.85. The zero-order valence-electron chi connectivity index (χ0n) is 28.0. The van der Waals surface area contributed by atoms with Crippen molar-refractivity contribution in [3.63, 3.8) is 0 Å². The van der Waals surface area contributed by atoms with Crippen LogP contribution in [-0.2, 0) is 0 Å². The van der Waals surface area contributed by atoms with Crippen molar-refractivity contribution in [1.29, 1.82) is 0 Å². The van der Waals surface area contributed by atoms with Crippen LogP contribution in [0.25, 0.3) is 34.1 Å². The van der Waals surface area contributed by atoms with Crippen molar-refractivity contribution in [2.45, 2.75) is 25.9 Å². The Balaban J connectivity index is 1.29. The molecule has 8 heteroatoms. The molecule has 0 spiro atoms. The Morgan fingerprint density at radius 1 is 0.560 bits per heavy atom. The number of piperazine rings is 1. The van der Waals surface area contributed by atoms with Gasteiger partial charge in [0.15, 0.2) is 0 Å². The van der Waals surface area contributed by atoms with E-state index >= 15 is 0 Å². The van der Waals surface area contributed by atoms with Crippen LogP contribution >= 0.6 is 0 Å². The highest BCUT2D eigenvalue weighted by atomic mass is 16.4. The lowest BCUT2D eigenvalue weighted by molar-refractivity contribution is 0.0849. The van der Waals surface area contributed by atoms with Gasteiger partial charge in [0.05, 0.1) is 22.9 Å². The number of aromatic hydroxyl groups is 2. The molecule has 0 saturated carbocycles. The lowest BCUT2D eigenvalue weighted by Crippen LogP contribution is -2.50. The van der Waals surface area contributed by atoms with Crippen molar-refractivity contribution in [2.24, 2.45) is 0 Å². The average molecular weight is 667 g/mol. The van der Waals surface area contributed by atoms with Crippen LogP contribution in [0.5, 0.6) is 11.5 Å². The SMILES string of the molecule is C/C(=C\c1ccccc1)C(c1c(O)c2ccccc2oc1=O)N1CCN(C(/C(C)=C/c2ccccc2)c2c(O)c3ccccc3oc2=O)CC1. The van der Waals surface area contributed by atoms with E-state index < -0.39 is 23.3 Å². The van der Waals surface area contributed by atoms with Crippen molar-refractivity contribution < 1.29 is 19.0 Å². The molecule has 7 rings (SSSR count). The number of para-hydroxylation sites is 2. The predicted molar refractivity (Wildman–Crippen MR) is 197 cm³/mol. The molecule has 50 heavy (non-hydrogen) atoms. The molecule has 3 heterocycles. The molecular weight excluding hydrogens is 628 g/mol. The van der Waals surface area contributed by atoms with Crippen LogP contribution in [0.4, 0.5) is 0 Å². The maximum atomic E-state index is 13.6. The van der Waals surface area contributed by atoms with Gasteiger partial charge in [-0.25, -0.2) is 9.59 Å². The highest BCUT2D eigenvalue weighted by Crippen LogP contribution is 2.40. The molecule has 0 amide bonds. The Kier molecular flexibility index (Phi) is 9.21. The number of rotatable bonds is 8. The lowest BCUT2D eigenvalue weighted by Gasteiger charge is -2.43. The van der Waals surface area contributed by atoms with Gasteiger partial charge >= 0.3 is 11.3 Å². The molecule has 4 aromatic carbocycles. The van der Waals surface area contributed by atoms with E-state index in [2.05, 4.69) is 9.80 Å². The second-order valence-corrected chi connectivity index (χ2v) is 12.8. The molecule has 8 nitrogen and oxygen atoms in total. The lowest BCUT2D eigenvalue weighted by atomic mass is 9.93. The van der Waals surface area contributed by atoms with Crippen LogP contribution in [0.1, 0.15) is 48.2 Å². The Bertz CT molecular complexity index is 2170. The summed E-state index contributed by atoms with van der Waals surface area (Å²) in [7, 11) is 0. The van der Waals surface area contributed by atoms with Gasteiger partial charge in [-0.1, -0.05) is 108 Å². The van der Waals surface area contributed by atoms with Crippen LogP contribution in [0.15, 0.2) is 139 Å². The number of nitrogens with zero attached hydrogens (tertiary/aromatic N) is 2. The van der Waals surface area contributed by atoms with Gasteiger partial charge in [-0.2, -0.15) is 0 Å². The van der Waals surface area contributed by atoms with Crippen LogP contribution in [0, 0.1) is 0 Å². The second-order valence-electron chi connectivity index (χ2n) is 12.8. The van der Waals surface area contributed by atoms with Crippen molar-refractivity contribution in [1.82, 2.24) is 9.80 Å². The molecule has 2 unspecified atom stereocenters. The average Bonchev–Trinajstić information content (AvgIpc) is 3.13. The van der Waals surface area contributed by atoms with Gasteiger partial charge in [0.25, 0.3) is 0 Å². The zero-order chi connectivity index (χ0) is 34.8. The quantitative estimate of drug-likeness (QED) is 0.158. The number of hydrogen-bond donors (Lipinski definition) is 2. The Morgan fingerprint density at radius 2 is 0.900 bits per heavy atom. The summed E-state index contributed by atoms with van der Waals surface area (Å²) < 4.78 is 11.5. The largest absolute Gasteiger partial charge is 0.507 e. The van der Waals surface area contributed by atoms with E-state index in [9.17, 15) is 19.8 Å². The molecule has 252 valence electrons. The summed E-state index contributed by atoms with van der Waals surface area (Å²) in [6.07, 6.45) is 4.05. The first kappa shape index (κ1) is 32.8. The summed E-state index contributed by atoms with van der Waals surface area (Å²) in [5.74, 6) is -0.188. The topological polar surface area (TPSA) is 107 Å². The van der Waals surface area contributed by atoms with Gasteiger partial charge in [0.1, 0.15) is 33.8 Å². The van der Waals surface area contributed by atoms with Crippen molar-refractivity contribution >= 4 is 34.1 Å². The van der Waals surface area contributed by atoms with Crippen molar-refractivity contribution in [3.05, 3.63) is 163 Å². The summed E-state index contributed by atoms with van der Waals surface area (Å²) in [4.78, 5) is 31.6. The minimum Gasteiger partial charge on any atom is -0.507 e. The molecule has 2 aromatic heterocycles. The van der Waals surface area contributed by atoms with E-state index in [0.29, 0.717) is 48.1 Å². The van der Waals surface area contributed by atoms with Crippen molar-refractivity contribution in [2.75, 3.05) is 26.2 Å². The van der Waals surface area contributed by atoms with Gasteiger partial charge in [-0.05, 0) is 49.2 Å². The van der Waals surface area contributed by atoms with Crippen LogP contribution < -0.4 is 11.3 Å². The highest BCUT2D eigenvalue weighted by Gasteiger charge is 2.36. The first-order chi connectivity index (χ1) is 24.3. The third-order valence-corrected chi connectivity index (χ3v) is 9.52. The maximum Gasteiger partial charge on any atom is 0.345 e. The fourth-order valence-corrected chi connectivity index (χ4v) is 7.21. The van der Waals surface area contributed by atoms with E-state index in [0.717, 1.165) is 22.3 Å². The van der Waals surface area contributed by atoms with Crippen molar-refractivity contribution in [3.8, 4) is 11.5 Å². The van der Waals surface area contributed by atoms with E-state index in [1.807, 2.05) is 86.7 Å².